The largest absolute Gasteiger partial charge is 0.352 e. The van der Waals surface area contributed by atoms with Crippen molar-refractivity contribution in [3.8, 4) is 0 Å². The van der Waals surface area contributed by atoms with Crippen LogP contribution < -0.4 is 5.32 Å². The molecule has 1 fully saturated rings. The first-order valence-corrected chi connectivity index (χ1v) is 10.5. The maximum atomic E-state index is 12.9. The van der Waals surface area contributed by atoms with Gasteiger partial charge in [-0.05, 0) is 57.6 Å². The van der Waals surface area contributed by atoms with E-state index in [9.17, 15) is 13.2 Å². The van der Waals surface area contributed by atoms with E-state index in [0.29, 0.717) is 25.3 Å². The third kappa shape index (κ3) is 5.05. The lowest BCUT2D eigenvalue weighted by Gasteiger charge is -2.25. The van der Waals surface area contributed by atoms with E-state index in [1.807, 2.05) is 13.8 Å². The van der Waals surface area contributed by atoms with Crippen molar-refractivity contribution in [1.82, 2.24) is 9.62 Å². The van der Waals surface area contributed by atoms with Crippen LogP contribution in [0.3, 0.4) is 0 Å². The molecule has 140 valence electrons. The second-order valence-corrected chi connectivity index (χ2v) is 9.36. The lowest BCUT2D eigenvalue weighted by molar-refractivity contribution is -0.124. The molecule has 5 nitrogen and oxygen atoms in total. The summed E-state index contributed by atoms with van der Waals surface area (Å²) in [4.78, 5) is 12.9. The molecule has 1 aromatic rings. The van der Waals surface area contributed by atoms with Gasteiger partial charge in [0, 0.05) is 12.6 Å². The molecule has 2 atom stereocenters. The second kappa shape index (κ2) is 8.32. The summed E-state index contributed by atoms with van der Waals surface area (Å²) in [6.07, 6.45) is 3.23. The molecule has 2 unspecified atom stereocenters. The molecule has 1 heterocycles. The van der Waals surface area contributed by atoms with Gasteiger partial charge in [-0.25, -0.2) is 8.42 Å². The third-order valence-electron chi connectivity index (χ3n) is 4.70. The average molecular weight is 367 g/mol. The van der Waals surface area contributed by atoms with Gasteiger partial charge >= 0.3 is 0 Å². The molecule has 1 aromatic carbocycles. The maximum absolute atomic E-state index is 12.9. The lowest BCUT2D eigenvalue weighted by Crippen LogP contribution is -2.48. The Bertz CT molecular complexity index is 683. The van der Waals surface area contributed by atoms with Crippen molar-refractivity contribution in [1.29, 1.82) is 0 Å². The number of amides is 1. The first-order chi connectivity index (χ1) is 11.7. The predicted octanol–water partition coefficient (Wildman–Crippen LogP) is 3.09. The molecular formula is C19H30N2O3S. The minimum atomic E-state index is -3.64. The molecule has 1 N–H and O–H groups in total. The van der Waals surface area contributed by atoms with Crippen molar-refractivity contribution in [3.05, 3.63) is 29.8 Å². The molecule has 1 saturated heterocycles. The van der Waals surface area contributed by atoms with Crippen molar-refractivity contribution in [2.45, 2.75) is 70.4 Å². The van der Waals surface area contributed by atoms with Crippen molar-refractivity contribution in [2.24, 2.45) is 5.92 Å². The first kappa shape index (κ1) is 19.9. The van der Waals surface area contributed by atoms with Gasteiger partial charge < -0.3 is 5.32 Å². The summed E-state index contributed by atoms with van der Waals surface area (Å²) in [6.45, 7) is 8.60. The van der Waals surface area contributed by atoms with Crippen LogP contribution in [0.1, 0.15) is 52.0 Å². The third-order valence-corrected chi connectivity index (χ3v) is 6.62. The zero-order chi connectivity index (χ0) is 18.6. The van der Waals surface area contributed by atoms with Crippen molar-refractivity contribution < 1.29 is 13.2 Å². The SMILES string of the molecule is Cc1ccc(S(=O)(=O)N2CCCC2C(=O)NC(C)CCC(C)C)cc1. The van der Waals surface area contributed by atoms with Crippen molar-refractivity contribution in [3.63, 3.8) is 0 Å². The smallest absolute Gasteiger partial charge is 0.243 e. The Morgan fingerprint density at radius 1 is 1.20 bits per heavy atom. The van der Waals surface area contributed by atoms with E-state index in [-0.39, 0.29) is 16.8 Å². The number of hydrogen-bond donors (Lipinski definition) is 1. The van der Waals surface area contributed by atoms with E-state index < -0.39 is 16.1 Å². The number of carbonyl (C=O) groups excluding carboxylic acids is 1. The van der Waals surface area contributed by atoms with Crippen molar-refractivity contribution >= 4 is 15.9 Å². The minimum Gasteiger partial charge on any atom is -0.352 e. The highest BCUT2D eigenvalue weighted by atomic mass is 32.2. The molecule has 0 bridgehead atoms. The van der Waals surface area contributed by atoms with Crippen LogP contribution in [-0.2, 0) is 14.8 Å². The summed E-state index contributed by atoms with van der Waals surface area (Å²) in [6, 6.07) is 6.25. The van der Waals surface area contributed by atoms with Gasteiger partial charge in [-0.1, -0.05) is 31.5 Å². The molecule has 6 heteroatoms. The highest BCUT2D eigenvalue weighted by Crippen LogP contribution is 2.26. The average Bonchev–Trinajstić information content (AvgIpc) is 3.04. The zero-order valence-corrected chi connectivity index (χ0v) is 16.5. The molecule has 0 saturated carbocycles. The Kier molecular flexibility index (Phi) is 6.63. The topological polar surface area (TPSA) is 66.5 Å². The summed E-state index contributed by atoms with van der Waals surface area (Å²) in [7, 11) is -3.64. The quantitative estimate of drug-likeness (QED) is 0.806. The molecule has 1 aliphatic rings. The number of carbonyl (C=O) groups is 1. The Morgan fingerprint density at radius 2 is 1.84 bits per heavy atom. The molecule has 1 amide bonds. The number of nitrogens with one attached hydrogen (secondary N) is 1. The van der Waals surface area contributed by atoms with Gasteiger partial charge in [0.2, 0.25) is 15.9 Å². The standard InChI is InChI=1S/C19H30N2O3S/c1-14(2)7-10-16(4)20-19(22)18-6-5-13-21(18)25(23,24)17-11-8-15(3)9-12-17/h8-9,11-12,14,16,18H,5-7,10,13H2,1-4H3,(H,20,22). The van der Waals surface area contributed by atoms with Crippen LogP contribution in [0.15, 0.2) is 29.2 Å². The normalized spacial score (nSPS) is 20.0. The van der Waals surface area contributed by atoms with Gasteiger partial charge in [-0.15, -0.1) is 0 Å². The highest BCUT2D eigenvalue weighted by molar-refractivity contribution is 7.89. The van der Waals surface area contributed by atoms with Gasteiger partial charge in [0.25, 0.3) is 0 Å². The van der Waals surface area contributed by atoms with E-state index in [2.05, 4.69) is 19.2 Å². The fourth-order valence-corrected chi connectivity index (χ4v) is 4.79. The monoisotopic (exact) mass is 366 g/mol. The van der Waals surface area contributed by atoms with Crippen LogP contribution in [0.25, 0.3) is 0 Å². The molecule has 0 radical (unpaired) electrons. The molecule has 0 aromatic heterocycles. The summed E-state index contributed by atoms with van der Waals surface area (Å²) in [5.41, 5.74) is 1.01. The molecular weight excluding hydrogens is 336 g/mol. The Balaban J connectivity index is 2.08. The highest BCUT2D eigenvalue weighted by Gasteiger charge is 2.39. The Hall–Kier alpha value is -1.40. The number of aryl methyl sites for hydroxylation is 1. The van der Waals surface area contributed by atoms with Crippen LogP contribution in [0.2, 0.25) is 0 Å². The summed E-state index contributed by atoms with van der Waals surface area (Å²) in [5.74, 6) is 0.411. The predicted molar refractivity (Wildman–Crippen MR) is 99.8 cm³/mol. The van der Waals surface area contributed by atoms with E-state index >= 15 is 0 Å². The van der Waals surface area contributed by atoms with Gasteiger partial charge in [0.05, 0.1) is 4.90 Å². The maximum Gasteiger partial charge on any atom is 0.243 e. The van der Waals surface area contributed by atoms with E-state index in [1.165, 1.54) is 4.31 Å². The van der Waals surface area contributed by atoms with Crippen LogP contribution in [0, 0.1) is 12.8 Å². The second-order valence-electron chi connectivity index (χ2n) is 7.47. The number of benzene rings is 1. The molecule has 25 heavy (non-hydrogen) atoms. The van der Waals surface area contributed by atoms with Gasteiger partial charge in [0.15, 0.2) is 0 Å². The van der Waals surface area contributed by atoms with Crippen molar-refractivity contribution in [2.75, 3.05) is 6.54 Å². The van der Waals surface area contributed by atoms with Crippen LogP contribution in [0.4, 0.5) is 0 Å². The number of nitrogens with zero attached hydrogens (tertiary/aromatic N) is 1. The van der Waals surface area contributed by atoms with Crippen LogP contribution in [-0.4, -0.2) is 37.3 Å². The number of hydrogen-bond acceptors (Lipinski definition) is 3. The van der Waals surface area contributed by atoms with Gasteiger partial charge in [0.1, 0.15) is 6.04 Å². The minimum absolute atomic E-state index is 0.0550. The van der Waals surface area contributed by atoms with E-state index in [0.717, 1.165) is 18.4 Å². The fourth-order valence-electron chi connectivity index (χ4n) is 3.13. The zero-order valence-electron chi connectivity index (χ0n) is 15.7. The fraction of sp³-hybridized carbons (Fsp3) is 0.632. The Morgan fingerprint density at radius 3 is 2.44 bits per heavy atom. The van der Waals surface area contributed by atoms with Crippen LogP contribution in [0.5, 0.6) is 0 Å². The van der Waals surface area contributed by atoms with Gasteiger partial charge in [-0.2, -0.15) is 4.31 Å². The summed E-state index contributed by atoms with van der Waals surface area (Å²) >= 11 is 0. The molecule has 1 aliphatic heterocycles. The van der Waals surface area contributed by atoms with E-state index in [1.54, 1.807) is 24.3 Å². The number of rotatable bonds is 7. The summed E-state index contributed by atoms with van der Waals surface area (Å²) in [5, 5.41) is 2.99. The number of sulfonamides is 1. The van der Waals surface area contributed by atoms with Crippen LogP contribution >= 0.6 is 0 Å². The van der Waals surface area contributed by atoms with E-state index in [4.69, 9.17) is 0 Å². The molecule has 0 aliphatic carbocycles. The lowest BCUT2D eigenvalue weighted by atomic mass is 10.0. The summed E-state index contributed by atoms with van der Waals surface area (Å²) < 4.78 is 27.2. The molecule has 2 rings (SSSR count). The Labute approximate surface area is 151 Å². The molecule has 0 spiro atoms. The first-order valence-electron chi connectivity index (χ1n) is 9.10. The van der Waals surface area contributed by atoms with Gasteiger partial charge in [-0.3, -0.25) is 4.79 Å².